The van der Waals surface area contributed by atoms with Crippen LogP contribution in [0.15, 0.2) is 36.4 Å². The summed E-state index contributed by atoms with van der Waals surface area (Å²) < 4.78 is 44.9. The summed E-state index contributed by atoms with van der Waals surface area (Å²) in [5.41, 5.74) is -0.188. The molecule has 2 rings (SSSR count). The fraction of sp³-hybridized carbons (Fsp3) is 0.188. The Balaban J connectivity index is 2.14. The molecule has 0 unspecified atom stereocenters. The van der Waals surface area contributed by atoms with Gasteiger partial charge in [0, 0.05) is 5.69 Å². The van der Waals surface area contributed by atoms with Crippen molar-refractivity contribution in [3.8, 4) is 5.75 Å². The Bertz CT molecular complexity index is 685. The van der Waals surface area contributed by atoms with E-state index in [9.17, 15) is 18.0 Å². The van der Waals surface area contributed by atoms with Gasteiger partial charge in [0.15, 0.2) is 17.5 Å². The van der Waals surface area contributed by atoms with Gasteiger partial charge in [-0.1, -0.05) is 0 Å². The van der Waals surface area contributed by atoms with Crippen molar-refractivity contribution in [3.05, 3.63) is 59.4 Å². The van der Waals surface area contributed by atoms with Crippen LogP contribution in [0.4, 0.5) is 18.9 Å². The van der Waals surface area contributed by atoms with Crippen molar-refractivity contribution in [1.82, 2.24) is 0 Å². The predicted octanol–water partition coefficient (Wildman–Crippen LogP) is 4.14. The second-order valence-electron chi connectivity index (χ2n) is 4.87. The maximum atomic E-state index is 13.5. The highest BCUT2D eigenvalue weighted by atomic mass is 19.2. The van der Waals surface area contributed by atoms with Gasteiger partial charge in [0.05, 0.1) is 11.7 Å². The molecule has 0 saturated heterocycles. The van der Waals surface area contributed by atoms with E-state index >= 15 is 0 Å². The maximum Gasteiger partial charge on any atom is 0.258 e. The second-order valence-corrected chi connectivity index (χ2v) is 4.87. The molecule has 0 aliphatic rings. The summed E-state index contributed by atoms with van der Waals surface area (Å²) in [4.78, 5) is 11.9. The zero-order valence-electron chi connectivity index (χ0n) is 12.0. The summed E-state index contributed by atoms with van der Waals surface area (Å²) >= 11 is 0. The van der Waals surface area contributed by atoms with E-state index < -0.39 is 28.9 Å². The van der Waals surface area contributed by atoms with Crippen LogP contribution >= 0.6 is 0 Å². The molecule has 1 N–H and O–H groups in total. The lowest BCUT2D eigenvalue weighted by molar-refractivity contribution is 0.102. The SMILES string of the molecule is CC(C)Oc1ccc(NC(=O)c2ccc(F)c(F)c2F)cc1. The first kappa shape index (κ1) is 15.9. The average Bonchev–Trinajstić information content (AvgIpc) is 2.46. The highest BCUT2D eigenvalue weighted by Crippen LogP contribution is 2.19. The minimum Gasteiger partial charge on any atom is -0.491 e. The molecule has 0 spiro atoms. The van der Waals surface area contributed by atoms with Gasteiger partial charge in [-0.25, -0.2) is 13.2 Å². The molecule has 6 heteroatoms. The van der Waals surface area contributed by atoms with E-state index in [4.69, 9.17) is 4.74 Å². The lowest BCUT2D eigenvalue weighted by Gasteiger charge is -2.11. The Hall–Kier alpha value is -2.50. The third-order valence-corrected chi connectivity index (χ3v) is 2.76. The first-order valence-corrected chi connectivity index (χ1v) is 6.60. The van der Waals surface area contributed by atoms with Crippen LogP contribution in [0.1, 0.15) is 24.2 Å². The van der Waals surface area contributed by atoms with Crippen LogP contribution in [0.3, 0.4) is 0 Å². The molecular formula is C16H14F3NO2. The van der Waals surface area contributed by atoms with Crippen LogP contribution in [-0.4, -0.2) is 12.0 Å². The van der Waals surface area contributed by atoms with Gasteiger partial charge in [-0.15, -0.1) is 0 Å². The van der Waals surface area contributed by atoms with Crippen LogP contribution in [0, 0.1) is 17.5 Å². The van der Waals surface area contributed by atoms with E-state index in [2.05, 4.69) is 5.32 Å². The molecule has 22 heavy (non-hydrogen) atoms. The topological polar surface area (TPSA) is 38.3 Å². The highest BCUT2D eigenvalue weighted by Gasteiger charge is 2.18. The van der Waals surface area contributed by atoms with E-state index in [1.165, 1.54) is 0 Å². The van der Waals surface area contributed by atoms with Crippen molar-refractivity contribution < 1.29 is 22.7 Å². The number of hydrogen-bond acceptors (Lipinski definition) is 2. The molecule has 0 radical (unpaired) electrons. The normalized spacial score (nSPS) is 10.6. The van der Waals surface area contributed by atoms with E-state index in [1.54, 1.807) is 24.3 Å². The van der Waals surface area contributed by atoms with Crippen molar-refractivity contribution in [2.75, 3.05) is 5.32 Å². The molecule has 0 fully saturated rings. The first-order valence-electron chi connectivity index (χ1n) is 6.60. The lowest BCUT2D eigenvalue weighted by Crippen LogP contribution is -2.15. The third-order valence-electron chi connectivity index (χ3n) is 2.76. The Kier molecular flexibility index (Phi) is 4.70. The predicted molar refractivity (Wildman–Crippen MR) is 76.5 cm³/mol. The highest BCUT2D eigenvalue weighted by molar-refractivity contribution is 6.04. The molecule has 0 atom stereocenters. The number of amides is 1. The number of benzene rings is 2. The smallest absolute Gasteiger partial charge is 0.258 e. The number of ether oxygens (including phenoxy) is 1. The van der Waals surface area contributed by atoms with Crippen LogP contribution in [0.2, 0.25) is 0 Å². The van der Waals surface area contributed by atoms with E-state index in [0.717, 1.165) is 6.07 Å². The summed E-state index contributed by atoms with van der Waals surface area (Å²) in [5.74, 6) is -4.78. The number of anilines is 1. The maximum absolute atomic E-state index is 13.5. The van der Waals surface area contributed by atoms with Gasteiger partial charge in [0.1, 0.15) is 5.75 Å². The molecular weight excluding hydrogens is 295 g/mol. The van der Waals surface area contributed by atoms with E-state index in [1.807, 2.05) is 13.8 Å². The van der Waals surface area contributed by atoms with Gasteiger partial charge < -0.3 is 10.1 Å². The molecule has 0 aliphatic heterocycles. The van der Waals surface area contributed by atoms with Gasteiger partial charge in [0.25, 0.3) is 5.91 Å². The lowest BCUT2D eigenvalue weighted by atomic mass is 10.1. The summed E-state index contributed by atoms with van der Waals surface area (Å²) in [6.45, 7) is 3.75. The van der Waals surface area contributed by atoms with Crippen molar-refractivity contribution in [1.29, 1.82) is 0 Å². The number of hydrogen-bond donors (Lipinski definition) is 1. The van der Waals surface area contributed by atoms with Crippen LogP contribution < -0.4 is 10.1 Å². The summed E-state index contributed by atoms with van der Waals surface area (Å²) in [6.07, 6.45) is 0.0109. The fourth-order valence-corrected chi connectivity index (χ4v) is 1.79. The Labute approximate surface area is 125 Å². The largest absolute Gasteiger partial charge is 0.491 e. The van der Waals surface area contributed by atoms with E-state index in [-0.39, 0.29) is 6.10 Å². The number of carbonyl (C=O) groups excluding carboxylic acids is 1. The third kappa shape index (κ3) is 3.58. The molecule has 0 bridgehead atoms. The van der Waals surface area contributed by atoms with Gasteiger partial charge in [0.2, 0.25) is 0 Å². The zero-order chi connectivity index (χ0) is 16.3. The van der Waals surface area contributed by atoms with Crippen LogP contribution in [0.25, 0.3) is 0 Å². The monoisotopic (exact) mass is 309 g/mol. The number of rotatable bonds is 4. The minimum absolute atomic E-state index is 0.0109. The summed E-state index contributed by atoms with van der Waals surface area (Å²) in [5, 5.41) is 2.40. The van der Waals surface area contributed by atoms with Gasteiger partial charge in [-0.2, -0.15) is 0 Å². The number of nitrogens with one attached hydrogen (secondary N) is 1. The molecule has 3 nitrogen and oxygen atoms in total. The van der Waals surface area contributed by atoms with Gasteiger partial charge in [-0.3, -0.25) is 4.79 Å². The Morgan fingerprint density at radius 1 is 1.00 bits per heavy atom. The Morgan fingerprint density at radius 3 is 2.23 bits per heavy atom. The van der Waals surface area contributed by atoms with Crippen molar-refractivity contribution in [2.45, 2.75) is 20.0 Å². The first-order chi connectivity index (χ1) is 10.4. The molecule has 1 amide bonds. The molecule has 0 aromatic heterocycles. The van der Waals surface area contributed by atoms with Crippen LogP contribution in [-0.2, 0) is 0 Å². The second kappa shape index (κ2) is 6.51. The Morgan fingerprint density at radius 2 is 1.64 bits per heavy atom. The van der Waals surface area contributed by atoms with Crippen LogP contribution in [0.5, 0.6) is 5.75 Å². The quantitative estimate of drug-likeness (QED) is 0.862. The average molecular weight is 309 g/mol. The minimum atomic E-state index is -1.67. The number of halogens is 3. The van der Waals surface area contributed by atoms with Gasteiger partial charge in [-0.05, 0) is 50.2 Å². The van der Waals surface area contributed by atoms with E-state index in [0.29, 0.717) is 17.5 Å². The molecule has 2 aromatic carbocycles. The van der Waals surface area contributed by atoms with Crippen molar-refractivity contribution in [3.63, 3.8) is 0 Å². The number of carbonyl (C=O) groups is 1. The summed E-state index contributed by atoms with van der Waals surface area (Å²) in [7, 11) is 0. The molecule has 0 aliphatic carbocycles. The van der Waals surface area contributed by atoms with Gasteiger partial charge >= 0.3 is 0 Å². The zero-order valence-corrected chi connectivity index (χ0v) is 12.0. The van der Waals surface area contributed by atoms with Crippen molar-refractivity contribution in [2.24, 2.45) is 0 Å². The molecule has 0 heterocycles. The molecule has 2 aromatic rings. The molecule has 116 valence electrons. The van der Waals surface area contributed by atoms with Crippen molar-refractivity contribution >= 4 is 11.6 Å². The fourth-order valence-electron chi connectivity index (χ4n) is 1.79. The standard InChI is InChI=1S/C16H14F3NO2/c1-9(2)22-11-5-3-10(4-6-11)20-16(21)12-7-8-13(17)15(19)14(12)18/h3-9H,1-2H3,(H,20,21). The summed E-state index contributed by atoms with van der Waals surface area (Å²) in [6, 6.07) is 7.99. The molecule has 0 saturated carbocycles.